The van der Waals surface area contributed by atoms with E-state index in [4.69, 9.17) is 11.6 Å². The number of nitrogens with one attached hydrogen (secondary N) is 2. The fraction of sp³-hybridized carbons (Fsp3) is 0.333. The van der Waals surface area contributed by atoms with Gasteiger partial charge in [0.05, 0.1) is 11.4 Å². The molecule has 1 aromatic carbocycles. The standard InChI is InChI=1S/C12H16ClN5O2S/c1-14-6-9-3-4-10(5-11(9)13)21(19,20)16-7-12-15-8-18(2)17-12/h3-5,8,14,16H,6-7H2,1-2H3. The van der Waals surface area contributed by atoms with Crippen molar-refractivity contribution in [2.75, 3.05) is 7.05 Å². The van der Waals surface area contributed by atoms with Gasteiger partial charge in [0.15, 0.2) is 5.82 Å². The van der Waals surface area contributed by atoms with Gasteiger partial charge in [-0.05, 0) is 24.7 Å². The zero-order chi connectivity index (χ0) is 15.5. The normalized spacial score (nSPS) is 11.8. The topological polar surface area (TPSA) is 88.9 Å². The van der Waals surface area contributed by atoms with Gasteiger partial charge in [-0.1, -0.05) is 17.7 Å². The van der Waals surface area contributed by atoms with E-state index in [9.17, 15) is 8.42 Å². The Balaban J connectivity index is 2.13. The summed E-state index contributed by atoms with van der Waals surface area (Å²) < 4.78 is 28.3. The highest BCUT2D eigenvalue weighted by Gasteiger charge is 2.16. The van der Waals surface area contributed by atoms with Gasteiger partial charge in [0.1, 0.15) is 6.33 Å². The summed E-state index contributed by atoms with van der Waals surface area (Å²) in [7, 11) is -0.140. The van der Waals surface area contributed by atoms with E-state index >= 15 is 0 Å². The lowest BCUT2D eigenvalue weighted by Crippen LogP contribution is -2.24. The van der Waals surface area contributed by atoms with Crippen LogP contribution < -0.4 is 10.0 Å². The molecule has 0 unspecified atom stereocenters. The van der Waals surface area contributed by atoms with Crippen LogP contribution in [0.25, 0.3) is 0 Å². The molecule has 1 aromatic heterocycles. The van der Waals surface area contributed by atoms with Crippen molar-refractivity contribution in [2.45, 2.75) is 18.0 Å². The van der Waals surface area contributed by atoms with Crippen LogP contribution >= 0.6 is 11.6 Å². The largest absolute Gasteiger partial charge is 0.316 e. The van der Waals surface area contributed by atoms with E-state index in [1.165, 1.54) is 23.1 Å². The average Bonchev–Trinajstić information content (AvgIpc) is 2.85. The SMILES string of the molecule is CNCc1ccc(S(=O)(=O)NCc2ncn(C)n2)cc1Cl. The van der Waals surface area contributed by atoms with E-state index in [-0.39, 0.29) is 11.4 Å². The van der Waals surface area contributed by atoms with Gasteiger partial charge in [-0.15, -0.1) is 0 Å². The lowest BCUT2D eigenvalue weighted by molar-refractivity contribution is 0.578. The third-order valence-electron chi connectivity index (χ3n) is 2.77. The van der Waals surface area contributed by atoms with Crippen LogP contribution in [0.2, 0.25) is 5.02 Å². The van der Waals surface area contributed by atoms with E-state index in [2.05, 4.69) is 20.1 Å². The highest BCUT2D eigenvalue weighted by atomic mass is 35.5. The second kappa shape index (κ2) is 6.52. The van der Waals surface area contributed by atoms with Crippen molar-refractivity contribution in [3.8, 4) is 0 Å². The molecule has 1 heterocycles. The average molecular weight is 330 g/mol. The molecule has 0 radical (unpaired) electrons. The van der Waals surface area contributed by atoms with Crippen molar-refractivity contribution in [3.05, 3.63) is 40.9 Å². The van der Waals surface area contributed by atoms with E-state index < -0.39 is 10.0 Å². The van der Waals surface area contributed by atoms with Crippen LogP contribution in [-0.4, -0.2) is 30.2 Å². The van der Waals surface area contributed by atoms with Crippen LogP contribution in [0.4, 0.5) is 0 Å². The Hall–Kier alpha value is -1.48. The van der Waals surface area contributed by atoms with Gasteiger partial charge in [0.25, 0.3) is 0 Å². The van der Waals surface area contributed by atoms with Crippen molar-refractivity contribution in [3.63, 3.8) is 0 Å². The summed E-state index contributed by atoms with van der Waals surface area (Å²) in [5.41, 5.74) is 0.838. The van der Waals surface area contributed by atoms with Crippen molar-refractivity contribution in [2.24, 2.45) is 7.05 Å². The minimum atomic E-state index is -3.65. The fourth-order valence-electron chi connectivity index (χ4n) is 1.74. The van der Waals surface area contributed by atoms with Gasteiger partial charge in [-0.25, -0.2) is 18.1 Å². The molecule has 0 saturated heterocycles. The van der Waals surface area contributed by atoms with E-state index in [1.54, 1.807) is 20.2 Å². The molecule has 114 valence electrons. The monoisotopic (exact) mass is 329 g/mol. The maximum absolute atomic E-state index is 12.2. The predicted molar refractivity (Wildman–Crippen MR) is 79.2 cm³/mol. The second-order valence-corrected chi connectivity index (χ2v) is 6.62. The molecule has 0 aliphatic heterocycles. The molecule has 0 aliphatic rings. The number of hydrogen-bond acceptors (Lipinski definition) is 5. The number of halogens is 1. The lowest BCUT2D eigenvalue weighted by atomic mass is 10.2. The first-order chi connectivity index (χ1) is 9.92. The van der Waals surface area contributed by atoms with Crippen LogP contribution in [0, 0.1) is 0 Å². The molecular formula is C12H16ClN5O2S. The Kier molecular flexibility index (Phi) is 4.94. The van der Waals surface area contributed by atoms with Crippen molar-refractivity contribution < 1.29 is 8.42 Å². The molecule has 0 spiro atoms. The van der Waals surface area contributed by atoms with E-state index in [0.29, 0.717) is 17.4 Å². The summed E-state index contributed by atoms with van der Waals surface area (Å²) in [5, 5.41) is 7.38. The van der Waals surface area contributed by atoms with Crippen LogP contribution in [0.5, 0.6) is 0 Å². The third-order valence-corrected chi connectivity index (χ3v) is 4.52. The lowest BCUT2D eigenvalue weighted by Gasteiger charge is -2.08. The quantitative estimate of drug-likeness (QED) is 0.813. The first kappa shape index (κ1) is 15.9. The molecule has 2 rings (SSSR count). The summed E-state index contributed by atoms with van der Waals surface area (Å²) in [6, 6.07) is 4.64. The minimum absolute atomic E-state index is 0.0268. The Morgan fingerprint density at radius 1 is 1.33 bits per heavy atom. The number of sulfonamides is 1. The van der Waals surface area contributed by atoms with E-state index in [1.807, 2.05) is 0 Å². The van der Waals surface area contributed by atoms with Crippen molar-refractivity contribution in [1.82, 2.24) is 24.8 Å². The predicted octanol–water partition coefficient (Wildman–Crippen LogP) is 0.666. The Morgan fingerprint density at radius 3 is 2.67 bits per heavy atom. The fourth-order valence-corrected chi connectivity index (χ4v) is 3.05. The molecule has 7 nitrogen and oxygen atoms in total. The zero-order valence-corrected chi connectivity index (χ0v) is 13.2. The molecule has 0 bridgehead atoms. The van der Waals surface area contributed by atoms with Crippen LogP contribution in [0.1, 0.15) is 11.4 Å². The van der Waals surface area contributed by atoms with Gasteiger partial charge in [0.2, 0.25) is 10.0 Å². The number of aryl methyl sites for hydroxylation is 1. The maximum Gasteiger partial charge on any atom is 0.241 e. The second-order valence-electron chi connectivity index (χ2n) is 4.44. The van der Waals surface area contributed by atoms with Crippen LogP contribution in [0.3, 0.4) is 0 Å². The molecule has 0 atom stereocenters. The van der Waals surface area contributed by atoms with Gasteiger partial charge in [-0.3, -0.25) is 4.68 Å². The smallest absolute Gasteiger partial charge is 0.241 e. The molecule has 2 aromatic rings. The summed E-state index contributed by atoms with van der Waals surface area (Å²) in [6.07, 6.45) is 1.51. The van der Waals surface area contributed by atoms with Gasteiger partial charge >= 0.3 is 0 Å². The molecule has 9 heteroatoms. The molecule has 0 amide bonds. The highest BCUT2D eigenvalue weighted by Crippen LogP contribution is 2.20. The number of rotatable bonds is 6. The molecule has 0 aliphatic carbocycles. The molecule has 0 saturated carbocycles. The summed E-state index contributed by atoms with van der Waals surface area (Å²) in [4.78, 5) is 4.07. The Labute approximate surface area is 128 Å². The summed E-state index contributed by atoms with van der Waals surface area (Å²) >= 11 is 6.07. The molecule has 21 heavy (non-hydrogen) atoms. The zero-order valence-electron chi connectivity index (χ0n) is 11.7. The number of benzene rings is 1. The van der Waals surface area contributed by atoms with E-state index in [0.717, 1.165) is 5.56 Å². The molecule has 2 N–H and O–H groups in total. The first-order valence-corrected chi connectivity index (χ1v) is 8.05. The molecule has 0 fully saturated rings. The van der Waals surface area contributed by atoms with Crippen molar-refractivity contribution >= 4 is 21.6 Å². The minimum Gasteiger partial charge on any atom is -0.316 e. The Morgan fingerprint density at radius 2 is 2.10 bits per heavy atom. The summed E-state index contributed by atoms with van der Waals surface area (Å²) in [6.45, 7) is 0.601. The third kappa shape index (κ3) is 4.01. The summed E-state index contributed by atoms with van der Waals surface area (Å²) in [5.74, 6) is 0.402. The van der Waals surface area contributed by atoms with Gasteiger partial charge in [0, 0.05) is 18.6 Å². The number of aromatic nitrogens is 3. The van der Waals surface area contributed by atoms with Gasteiger partial charge in [-0.2, -0.15) is 5.10 Å². The highest BCUT2D eigenvalue weighted by molar-refractivity contribution is 7.89. The van der Waals surface area contributed by atoms with Crippen LogP contribution in [-0.2, 0) is 30.2 Å². The molecular weight excluding hydrogens is 314 g/mol. The number of nitrogens with zero attached hydrogens (tertiary/aromatic N) is 3. The Bertz CT molecular complexity index is 729. The van der Waals surface area contributed by atoms with Crippen molar-refractivity contribution in [1.29, 1.82) is 0 Å². The maximum atomic E-state index is 12.2. The number of hydrogen-bond donors (Lipinski definition) is 2. The first-order valence-electron chi connectivity index (χ1n) is 6.19. The van der Waals surface area contributed by atoms with Crippen LogP contribution in [0.15, 0.2) is 29.4 Å². The van der Waals surface area contributed by atoms with Gasteiger partial charge < -0.3 is 5.32 Å².